The molecule has 0 fully saturated rings. The van der Waals surface area contributed by atoms with Gasteiger partial charge in [-0.05, 0) is 6.42 Å². The predicted octanol–water partition coefficient (Wildman–Crippen LogP) is 7.16. The van der Waals surface area contributed by atoms with E-state index in [1.54, 1.807) is 6.08 Å². The predicted molar refractivity (Wildman–Crippen MR) is 109 cm³/mol. The van der Waals surface area contributed by atoms with Gasteiger partial charge in [0, 0.05) is 6.54 Å². The van der Waals surface area contributed by atoms with Gasteiger partial charge in [0.05, 0.1) is 0 Å². The maximum absolute atomic E-state index is 11.2. The molecule has 0 aromatic rings. The van der Waals surface area contributed by atoms with E-state index in [-0.39, 0.29) is 12.7 Å². The van der Waals surface area contributed by atoms with E-state index >= 15 is 0 Å². The highest BCUT2D eigenvalue weighted by molar-refractivity contribution is 5.67. The minimum Gasteiger partial charge on any atom is -0.445 e. The molecular formula is C22H43NO2. The first-order chi connectivity index (χ1) is 12.3. The molecule has 1 N–H and O–H groups in total. The van der Waals surface area contributed by atoms with Crippen LogP contribution < -0.4 is 5.32 Å². The average molecular weight is 354 g/mol. The van der Waals surface area contributed by atoms with Crippen molar-refractivity contribution < 1.29 is 9.53 Å². The number of unbranched alkanes of at least 4 members (excludes halogenated alkanes) is 15. The Kier molecular flexibility index (Phi) is 20.2. The first-order valence-corrected chi connectivity index (χ1v) is 10.8. The summed E-state index contributed by atoms with van der Waals surface area (Å²) < 4.78 is 4.85. The van der Waals surface area contributed by atoms with E-state index in [4.69, 9.17) is 4.74 Å². The third-order valence-electron chi connectivity index (χ3n) is 4.63. The van der Waals surface area contributed by atoms with Gasteiger partial charge in [-0.2, -0.15) is 0 Å². The van der Waals surface area contributed by atoms with Crippen LogP contribution in [0.15, 0.2) is 12.7 Å². The summed E-state index contributed by atoms with van der Waals surface area (Å²) >= 11 is 0. The van der Waals surface area contributed by atoms with Crippen molar-refractivity contribution in [2.75, 3.05) is 13.2 Å². The van der Waals surface area contributed by atoms with Crippen molar-refractivity contribution in [3.8, 4) is 0 Å². The van der Waals surface area contributed by atoms with Gasteiger partial charge in [-0.3, -0.25) is 0 Å². The van der Waals surface area contributed by atoms with Crippen LogP contribution in [0.5, 0.6) is 0 Å². The van der Waals surface area contributed by atoms with Crippen molar-refractivity contribution in [1.82, 2.24) is 5.32 Å². The molecule has 1 amide bonds. The van der Waals surface area contributed by atoms with Crippen LogP contribution in [0.4, 0.5) is 4.79 Å². The fraction of sp³-hybridized carbons (Fsp3) is 0.864. The summed E-state index contributed by atoms with van der Waals surface area (Å²) in [5.74, 6) is 0. The Hall–Kier alpha value is -0.990. The summed E-state index contributed by atoms with van der Waals surface area (Å²) in [5.41, 5.74) is 0. The largest absolute Gasteiger partial charge is 0.445 e. The minimum atomic E-state index is -0.333. The third kappa shape index (κ3) is 21.0. The first-order valence-electron chi connectivity index (χ1n) is 10.8. The van der Waals surface area contributed by atoms with Crippen LogP contribution in [0.2, 0.25) is 0 Å². The van der Waals surface area contributed by atoms with Crippen LogP contribution in [-0.2, 0) is 4.74 Å². The molecule has 25 heavy (non-hydrogen) atoms. The molecule has 0 aliphatic rings. The monoisotopic (exact) mass is 353 g/mol. The number of rotatable bonds is 19. The molecule has 0 aromatic carbocycles. The van der Waals surface area contributed by atoms with Gasteiger partial charge in [-0.15, -0.1) is 0 Å². The normalized spacial score (nSPS) is 10.6. The summed E-state index contributed by atoms with van der Waals surface area (Å²) in [4.78, 5) is 11.2. The zero-order chi connectivity index (χ0) is 18.4. The fourth-order valence-corrected chi connectivity index (χ4v) is 3.05. The lowest BCUT2D eigenvalue weighted by molar-refractivity contribution is 0.158. The minimum absolute atomic E-state index is 0.283. The molecular weight excluding hydrogens is 310 g/mol. The molecule has 3 nitrogen and oxygen atoms in total. The highest BCUT2D eigenvalue weighted by Crippen LogP contribution is 2.13. The molecule has 0 saturated heterocycles. The zero-order valence-electron chi connectivity index (χ0n) is 16.8. The van der Waals surface area contributed by atoms with Gasteiger partial charge in [0.2, 0.25) is 0 Å². The number of nitrogens with one attached hydrogen (secondary N) is 1. The van der Waals surface area contributed by atoms with E-state index < -0.39 is 0 Å². The SMILES string of the molecule is C=CCOC(=O)NCCCCCCCCCCCCCCCCCC. The molecule has 0 saturated carbocycles. The Balaban J connectivity index is 3.05. The van der Waals surface area contributed by atoms with Crippen LogP contribution in [-0.4, -0.2) is 19.2 Å². The van der Waals surface area contributed by atoms with Crippen molar-refractivity contribution in [1.29, 1.82) is 0 Å². The number of hydrogen-bond acceptors (Lipinski definition) is 2. The van der Waals surface area contributed by atoms with Gasteiger partial charge in [-0.1, -0.05) is 116 Å². The maximum atomic E-state index is 11.2. The Morgan fingerprint density at radius 3 is 1.56 bits per heavy atom. The molecule has 3 heteroatoms. The fourth-order valence-electron chi connectivity index (χ4n) is 3.05. The number of ether oxygens (including phenoxy) is 1. The van der Waals surface area contributed by atoms with Crippen LogP contribution in [0.3, 0.4) is 0 Å². The second-order valence-electron chi connectivity index (χ2n) is 7.12. The van der Waals surface area contributed by atoms with E-state index in [1.807, 2.05) is 0 Å². The van der Waals surface area contributed by atoms with Crippen molar-refractivity contribution in [3.63, 3.8) is 0 Å². The highest BCUT2D eigenvalue weighted by Gasteiger charge is 1.98. The summed E-state index contributed by atoms with van der Waals surface area (Å²) in [6.07, 6.45) is 23.1. The van der Waals surface area contributed by atoms with E-state index in [0.717, 1.165) is 6.42 Å². The van der Waals surface area contributed by atoms with Gasteiger partial charge in [0.1, 0.15) is 6.61 Å². The summed E-state index contributed by atoms with van der Waals surface area (Å²) in [6.45, 7) is 6.79. The lowest BCUT2D eigenvalue weighted by Gasteiger charge is -2.05. The average Bonchev–Trinajstić information content (AvgIpc) is 2.62. The summed E-state index contributed by atoms with van der Waals surface area (Å²) in [5, 5.41) is 2.76. The molecule has 0 atom stereocenters. The Morgan fingerprint density at radius 2 is 1.16 bits per heavy atom. The zero-order valence-corrected chi connectivity index (χ0v) is 16.8. The quantitative estimate of drug-likeness (QED) is 0.197. The maximum Gasteiger partial charge on any atom is 0.407 e. The second kappa shape index (κ2) is 21.1. The Bertz CT molecular complexity index is 292. The molecule has 148 valence electrons. The lowest BCUT2D eigenvalue weighted by Crippen LogP contribution is -2.25. The van der Waals surface area contributed by atoms with Crippen molar-refractivity contribution in [2.24, 2.45) is 0 Å². The number of alkyl carbamates (subject to hydrolysis) is 1. The molecule has 0 aliphatic heterocycles. The molecule has 0 heterocycles. The number of carbonyl (C=O) groups excluding carboxylic acids is 1. The number of amides is 1. The van der Waals surface area contributed by atoms with Gasteiger partial charge in [0.15, 0.2) is 0 Å². The summed E-state index contributed by atoms with van der Waals surface area (Å²) in [7, 11) is 0. The smallest absolute Gasteiger partial charge is 0.407 e. The molecule has 0 radical (unpaired) electrons. The molecule has 0 aliphatic carbocycles. The van der Waals surface area contributed by atoms with Gasteiger partial charge in [0.25, 0.3) is 0 Å². The number of carbonyl (C=O) groups is 1. The van der Waals surface area contributed by atoms with E-state index in [0.29, 0.717) is 6.54 Å². The molecule has 0 unspecified atom stereocenters. The molecule has 0 spiro atoms. The highest BCUT2D eigenvalue weighted by atomic mass is 16.5. The van der Waals surface area contributed by atoms with Crippen molar-refractivity contribution >= 4 is 6.09 Å². The number of hydrogen-bond donors (Lipinski definition) is 1. The summed E-state index contributed by atoms with van der Waals surface area (Å²) in [6, 6.07) is 0. The van der Waals surface area contributed by atoms with Crippen LogP contribution in [0.25, 0.3) is 0 Å². The molecule has 0 rings (SSSR count). The van der Waals surface area contributed by atoms with E-state index in [9.17, 15) is 4.79 Å². The van der Waals surface area contributed by atoms with E-state index in [1.165, 1.54) is 96.3 Å². The van der Waals surface area contributed by atoms with Gasteiger partial charge >= 0.3 is 6.09 Å². The molecule has 0 bridgehead atoms. The lowest BCUT2D eigenvalue weighted by atomic mass is 10.0. The van der Waals surface area contributed by atoms with Crippen LogP contribution in [0.1, 0.15) is 110 Å². The standard InChI is InChI=1S/C22H43NO2/c1-3-5-6-7-8-9-10-11-12-13-14-15-16-17-18-19-20-23-22(24)25-21-4-2/h4H,2-3,5-21H2,1H3,(H,23,24). The topological polar surface area (TPSA) is 38.3 Å². The van der Waals surface area contributed by atoms with E-state index in [2.05, 4.69) is 18.8 Å². The third-order valence-corrected chi connectivity index (χ3v) is 4.63. The van der Waals surface area contributed by atoms with Gasteiger partial charge in [-0.25, -0.2) is 4.79 Å². The second-order valence-corrected chi connectivity index (χ2v) is 7.12. The van der Waals surface area contributed by atoms with Crippen molar-refractivity contribution in [3.05, 3.63) is 12.7 Å². The first kappa shape index (κ1) is 24.0. The van der Waals surface area contributed by atoms with Crippen LogP contribution in [0, 0.1) is 0 Å². The van der Waals surface area contributed by atoms with Crippen LogP contribution >= 0.6 is 0 Å². The van der Waals surface area contributed by atoms with Crippen molar-refractivity contribution in [2.45, 2.75) is 110 Å². The van der Waals surface area contributed by atoms with Gasteiger partial charge < -0.3 is 10.1 Å². The molecule has 0 aromatic heterocycles. The Morgan fingerprint density at radius 1 is 0.760 bits per heavy atom. The Labute approximate surface area is 157 Å².